The Morgan fingerprint density at radius 3 is 2.21 bits per heavy atom. The van der Waals surface area contributed by atoms with Crippen molar-refractivity contribution in [2.24, 2.45) is 0 Å². The molecule has 1 amide bonds. The van der Waals surface area contributed by atoms with Crippen LogP contribution < -0.4 is 19.1 Å². The first kappa shape index (κ1) is 22.4. The van der Waals surface area contributed by atoms with E-state index in [1.807, 2.05) is 0 Å². The zero-order chi connectivity index (χ0) is 23.8. The van der Waals surface area contributed by atoms with Crippen LogP contribution in [0, 0.1) is 0 Å². The van der Waals surface area contributed by atoms with Crippen molar-refractivity contribution in [1.29, 1.82) is 0 Å². The predicted octanol–water partition coefficient (Wildman–Crippen LogP) is 4.30. The molecule has 0 spiro atoms. The fourth-order valence-electron chi connectivity index (χ4n) is 3.67. The number of carbonyl (C=O) groups excluding carboxylic acids is 1. The number of methoxy groups -OCH3 is 3. The number of rotatable bonds is 6. The van der Waals surface area contributed by atoms with Gasteiger partial charge in [0, 0.05) is 30.7 Å². The number of hydrogen-bond acceptors (Lipinski definition) is 7. The second-order valence-corrected chi connectivity index (χ2v) is 7.32. The molecule has 174 valence electrons. The van der Waals surface area contributed by atoms with Crippen LogP contribution in [0.1, 0.15) is 23.8 Å². The highest BCUT2D eigenvalue weighted by Gasteiger charge is 2.36. The molecule has 1 unspecified atom stereocenters. The smallest absolute Gasteiger partial charge is 0.416 e. The van der Waals surface area contributed by atoms with Crippen LogP contribution in [0.3, 0.4) is 0 Å². The van der Waals surface area contributed by atoms with Crippen molar-refractivity contribution in [3.63, 3.8) is 0 Å². The highest BCUT2D eigenvalue weighted by Crippen LogP contribution is 2.43. The number of nitrogens with zero attached hydrogens (tertiary/aromatic N) is 3. The van der Waals surface area contributed by atoms with E-state index in [-0.39, 0.29) is 36.5 Å². The van der Waals surface area contributed by atoms with Crippen molar-refractivity contribution in [3.05, 3.63) is 47.9 Å². The molecule has 4 rings (SSSR count). The largest absolute Gasteiger partial charge is 0.493 e. The van der Waals surface area contributed by atoms with E-state index < -0.39 is 11.7 Å². The Hall–Kier alpha value is -3.76. The molecule has 1 fully saturated rings. The minimum absolute atomic E-state index is 0.130. The summed E-state index contributed by atoms with van der Waals surface area (Å²) in [4.78, 5) is 18.6. The maximum Gasteiger partial charge on any atom is 0.416 e. The van der Waals surface area contributed by atoms with E-state index in [1.165, 1.54) is 33.5 Å². The van der Waals surface area contributed by atoms with Crippen molar-refractivity contribution < 1.29 is 36.7 Å². The summed E-state index contributed by atoms with van der Waals surface area (Å²) < 4.78 is 59.7. The summed E-state index contributed by atoms with van der Waals surface area (Å²) in [5.74, 6) is 1.06. The fourth-order valence-corrected chi connectivity index (χ4v) is 3.67. The van der Waals surface area contributed by atoms with Crippen molar-refractivity contribution in [3.8, 4) is 28.6 Å². The highest BCUT2D eigenvalue weighted by molar-refractivity contribution is 5.97. The Balaban J connectivity index is 1.56. The highest BCUT2D eigenvalue weighted by atomic mass is 19.4. The number of halogens is 3. The maximum atomic E-state index is 12.8. The number of benzene rings is 2. The Bertz CT molecular complexity index is 1140. The lowest BCUT2D eigenvalue weighted by Gasteiger charge is -2.20. The Labute approximate surface area is 186 Å². The van der Waals surface area contributed by atoms with E-state index in [9.17, 15) is 18.0 Å². The molecule has 0 radical (unpaired) electrons. The van der Waals surface area contributed by atoms with E-state index in [0.29, 0.717) is 28.5 Å². The molecule has 1 aromatic heterocycles. The summed E-state index contributed by atoms with van der Waals surface area (Å²) in [5.41, 5.74) is 0.167. The molecular formula is C22H20F3N3O5. The van der Waals surface area contributed by atoms with Gasteiger partial charge in [0.2, 0.25) is 23.4 Å². The summed E-state index contributed by atoms with van der Waals surface area (Å²) >= 11 is 0. The summed E-state index contributed by atoms with van der Waals surface area (Å²) in [5, 5.41) is 3.87. The van der Waals surface area contributed by atoms with Gasteiger partial charge in [-0.25, -0.2) is 0 Å². The average molecular weight is 463 g/mol. The van der Waals surface area contributed by atoms with Gasteiger partial charge in [-0.05, 0) is 12.1 Å². The van der Waals surface area contributed by atoms with Gasteiger partial charge in [0.25, 0.3) is 0 Å². The van der Waals surface area contributed by atoms with Crippen LogP contribution in [0.4, 0.5) is 18.9 Å². The minimum atomic E-state index is -4.43. The summed E-state index contributed by atoms with van der Waals surface area (Å²) in [6, 6.07) is 7.80. The van der Waals surface area contributed by atoms with Gasteiger partial charge in [0.05, 0.1) is 38.5 Å². The van der Waals surface area contributed by atoms with Crippen molar-refractivity contribution in [2.45, 2.75) is 18.5 Å². The van der Waals surface area contributed by atoms with Crippen LogP contribution >= 0.6 is 0 Å². The molecule has 0 aliphatic carbocycles. The molecule has 11 heteroatoms. The van der Waals surface area contributed by atoms with Crippen molar-refractivity contribution in [1.82, 2.24) is 10.1 Å². The molecule has 0 N–H and O–H groups in total. The van der Waals surface area contributed by atoms with Gasteiger partial charge < -0.3 is 23.6 Å². The lowest BCUT2D eigenvalue weighted by atomic mass is 10.1. The number of ether oxygens (including phenoxy) is 3. The van der Waals surface area contributed by atoms with Gasteiger partial charge in [0.1, 0.15) is 0 Å². The zero-order valence-electron chi connectivity index (χ0n) is 18.0. The van der Waals surface area contributed by atoms with Gasteiger partial charge in [-0.3, -0.25) is 4.79 Å². The van der Waals surface area contributed by atoms with E-state index in [4.69, 9.17) is 18.7 Å². The molecular weight excluding hydrogens is 443 g/mol. The minimum Gasteiger partial charge on any atom is -0.493 e. The van der Waals surface area contributed by atoms with Gasteiger partial charge >= 0.3 is 6.18 Å². The molecule has 8 nitrogen and oxygen atoms in total. The third-order valence-electron chi connectivity index (χ3n) is 5.35. The summed E-state index contributed by atoms with van der Waals surface area (Å²) in [7, 11) is 4.45. The van der Waals surface area contributed by atoms with Crippen LogP contribution in [0.25, 0.3) is 11.4 Å². The van der Waals surface area contributed by atoms with E-state index in [0.717, 1.165) is 12.1 Å². The molecule has 2 heterocycles. The monoisotopic (exact) mass is 463 g/mol. The number of alkyl halides is 3. The SMILES string of the molecule is COc1cc(N2CC(c3nc(-c4ccc(C(F)(F)F)cc4)no3)CC2=O)cc(OC)c1OC. The Morgan fingerprint density at radius 1 is 1.03 bits per heavy atom. The molecule has 1 saturated heterocycles. The first-order chi connectivity index (χ1) is 15.7. The molecule has 0 saturated carbocycles. The van der Waals surface area contributed by atoms with Crippen LogP contribution in [0.15, 0.2) is 40.9 Å². The van der Waals surface area contributed by atoms with Gasteiger partial charge in [-0.15, -0.1) is 0 Å². The first-order valence-electron chi connectivity index (χ1n) is 9.86. The van der Waals surface area contributed by atoms with Crippen LogP contribution in [0.2, 0.25) is 0 Å². The topological polar surface area (TPSA) is 86.9 Å². The van der Waals surface area contributed by atoms with Crippen LogP contribution in [0.5, 0.6) is 17.2 Å². The van der Waals surface area contributed by atoms with Gasteiger partial charge in [-0.1, -0.05) is 17.3 Å². The third kappa shape index (κ3) is 4.30. The number of carbonyl (C=O) groups is 1. The van der Waals surface area contributed by atoms with Gasteiger partial charge in [-0.2, -0.15) is 18.2 Å². The van der Waals surface area contributed by atoms with E-state index >= 15 is 0 Å². The first-order valence-corrected chi connectivity index (χ1v) is 9.86. The van der Waals surface area contributed by atoms with Crippen molar-refractivity contribution >= 4 is 11.6 Å². The lowest BCUT2D eigenvalue weighted by Crippen LogP contribution is -2.24. The van der Waals surface area contributed by atoms with Crippen LogP contribution in [-0.4, -0.2) is 43.9 Å². The standard InChI is InChI=1S/C22H20F3N3O5/c1-30-16-9-15(10-17(31-2)19(16)32-3)28-11-13(8-18(28)29)21-26-20(27-33-21)12-4-6-14(7-5-12)22(23,24)25/h4-7,9-10,13H,8,11H2,1-3H3. The number of anilines is 1. The zero-order valence-corrected chi connectivity index (χ0v) is 18.0. The Kier molecular flexibility index (Phi) is 5.88. The number of amides is 1. The molecule has 0 bridgehead atoms. The average Bonchev–Trinajstić information content (AvgIpc) is 3.44. The Morgan fingerprint density at radius 2 is 1.67 bits per heavy atom. The molecule has 1 atom stereocenters. The molecule has 1 aliphatic heterocycles. The fraction of sp³-hybridized carbons (Fsp3) is 0.318. The normalized spacial score (nSPS) is 16.2. The molecule has 3 aromatic rings. The van der Waals surface area contributed by atoms with Crippen LogP contribution in [-0.2, 0) is 11.0 Å². The number of hydrogen-bond donors (Lipinski definition) is 0. The molecule has 1 aliphatic rings. The third-order valence-corrected chi connectivity index (χ3v) is 5.35. The van der Waals surface area contributed by atoms with Gasteiger partial charge in [0.15, 0.2) is 11.5 Å². The van der Waals surface area contributed by atoms with E-state index in [2.05, 4.69) is 10.1 Å². The van der Waals surface area contributed by atoms with Crippen molar-refractivity contribution in [2.75, 3.05) is 32.8 Å². The lowest BCUT2D eigenvalue weighted by molar-refractivity contribution is -0.137. The maximum absolute atomic E-state index is 12.8. The quantitative estimate of drug-likeness (QED) is 0.539. The number of aromatic nitrogens is 2. The molecule has 2 aromatic carbocycles. The second kappa shape index (κ2) is 8.64. The summed E-state index contributed by atoms with van der Waals surface area (Å²) in [6.45, 7) is 0.270. The second-order valence-electron chi connectivity index (χ2n) is 7.32. The summed E-state index contributed by atoms with van der Waals surface area (Å²) in [6.07, 6.45) is -4.30. The van der Waals surface area contributed by atoms with E-state index in [1.54, 1.807) is 17.0 Å². The predicted molar refractivity (Wildman–Crippen MR) is 111 cm³/mol. The molecule has 33 heavy (non-hydrogen) atoms.